The van der Waals surface area contributed by atoms with Crippen LogP contribution in [0.1, 0.15) is 77.6 Å². The molecule has 3 amide bonds. The van der Waals surface area contributed by atoms with E-state index in [1.807, 2.05) is 31.2 Å². The molecule has 4 rings (SSSR count). The number of aromatic nitrogens is 2. The molecule has 1 aromatic heterocycles. The van der Waals surface area contributed by atoms with Gasteiger partial charge >= 0.3 is 0 Å². The molecule has 1 aliphatic heterocycles. The van der Waals surface area contributed by atoms with Crippen LogP contribution in [0.3, 0.4) is 0 Å². The van der Waals surface area contributed by atoms with E-state index in [1.165, 1.54) is 28.5 Å². The number of hydrogen-bond acceptors (Lipinski definition) is 4. The SMILES string of the molecule is Cc1cccc(CNC(=O)c2cc3n(n2)C[C@](C)(C(=O)NC2CCCCCC2)N(C)C3=O)c1. The van der Waals surface area contributed by atoms with Crippen LogP contribution in [0, 0.1) is 6.92 Å². The highest BCUT2D eigenvalue weighted by Gasteiger charge is 2.46. The average molecular weight is 452 g/mol. The largest absolute Gasteiger partial charge is 0.351 e. The van der Waals surface area contributed by atoms with Crippen LogP contribution in [0.15, 0.2) is 30.3 Å². The Balaban J connectivity index is 1.47. The van der Waals surface area contributed by atoms with Crippen molar-refractivity contribution in [1.29, 1.82) is 0 Å². The van der Waals surface area contributed by atoms with Gasteiger partial charge in [0.15, 0.2) is 5.69 Å². The summed E-state index contributed by atoms with van der Waals surface area (Å²) in [5, 5.41) is 10.4. The van der Waals surface area contributed by atoms with Gasteiger partial charge in [0.05, 0.1) is 6.54 Å². The molecule has 176 valence electrons. The van der Waals surface area contributed by atoms with Gasteiger partial charge in [-0.3, -0.25) is 19.1 Å². The quantitative estimate of drug-likeness (QED) is 0.684. The summed E-state index contributed by atoms with van der Waals surface area (Å²) < 4.78 is 1.50. The maximum Gasteiger partial charge on any atom is 0.272 e. The predicted octanol–water partition coefficient (Wildman–Crippen LogP) is 2.80. The molecular formula is C25H33N5O3. The molecular weight excluding hydrogens is 418 g/mol. The molecule has 2 aromatic rings. The first-order valence-electron chi connectivity index (χ1n) is 11.8. The third-order valence-electron chi connectivity index (χ3n) is 6.95. The number of amides is 3. The summed E-state index contributed by atoms with van der Waals surface area (Å²) in [6, 6.07) is 9.55. The van der Waals surface area contributed by atoms with Crippen LogP contribution >= 0.6 is 0 Å². The van der Waals surface area contributed by atoms with Crippen LogP contribution in [0.25, 0.3) is 0 Å². The Hall–Kier alpha value is -3.16. The van der Waals surface area contributed by atoms with Crippen molar-refractivity contribution in [2.45, 2.75) is 77.0 Å². The lowest BCUT2D eigenvalue weighted by molar-refractivity contribution is -0.133. The maximum atomic E-state index is 13.3. The Labute approximate surface area is 194 Å². The molecule has 2 aliphatic rings. The summed E-state index contributed by atoms with van der Waals surface area (Å²) in [5.74, 6) is -0.833. The van der Waals surface area contributed by atoms with Crippen molar-refractivity contribution in [3.8, 4) is 0 Å². The number of hydrogen-bond donors (Lipinski definition) is 2. The summed E-state index contributed by atoms with van der Waals surface area (Å²) in [6.07, 6.45) is 6.57. The first-order chi connectivity index (χ1) is 15.8. The van der Waals surface area contributed by atoms with Crippen molar-refractivity contribution >= 4 is 17.7 Å². The Morgan fingerprint density at radius 3 is 2.58 bits per heavy atom. The molecule has 0 spiro atoms. The third kappa shape index (κ3) is 4.79. The van der Waals surface area contributed by atoms with Crippen LogP contribution in [-0.4, -0.2) is 51.0 Å². The van der Waals surface area contributed by atoms with Gasteiger partial charge in [-0.2, -0.15) is 5.10 Å². The van der Waals surface area contributed by atoms with Crippen LogP contribution in [0.4, 0.5) is 0 Å². The van der Waals surface area contributed by atoms with Gasteiger partial charge in [-0.05, 0) is 32.3 Å². The first kappa shape index (κ1) is 23.0. The van der Waals surface area contributed by atoms with E-state index >= 15 is 0 Å². The Morgan fingerprint density at radius 2 is 1.88 bits per heavy atom. The zero-order chi connectivity index (χ0) is 23.6. The van der Waals surface area contributed by atoms with Crippen molar-refractivity contribution in [2.75, 3.05) is 7.05 Å². The minimum atomic E-state index is -1.07. The molecule has 33 heavy (non-hydrogen) atoms. The predicted molar refractivity (Wildman–Crippen MR) is 125 cm³/mol. The van der Waals surface area contributed by atoms with Crippen molar-refractivity contribution < 1.29 is 14.4 Å². The number of aryl methyl sites for hydroxylation is 1. The van der Waals surface area contributed by atoms with Gasteiger partial charge in [0.2, 0.25) is 5.91 Å². The summed E-state index contributed by atoms with van der Waals surface area (Å²) in [7, 11) is 1.64. The van der Waals surface area contributed by atoms with E-state index in [2.05, 4.69) is 15.7 Å². The number of benzene rings is 1. The van der Waals surface area contributed by atoms with Crippen LogP contribution in [0.2, 0.25) is 0 Å². The Morgan fingerprint density at radius 1 is 1.15 bits per heavy atom. The topological polar surface area (TPSA) is 96.3 Å². The lowest BCUT2D eigenvalue weighted by Crippen LogP contribution is -2.63. The van der Waals surface area contributed by atoms with Crippen LogP contribution < -0.4 is 10.6 Å². The first-order valence-corrected chi connectivity index (χ1v) is 11.8. The molecule has 1 saturated carbocycles. The fourth-order valence-corrected chi connectivity index (χ4v) is 4.70. The zero-order valence-corrected chi connectivity index (χ0v) is 19.7. The zero-order valence-electron chi connectivity index (χ0n) is 19.7. The monoisotopic (exact) mass is 451 g/mol. The summed E-state index contributed by atoms with van der Waals surface area (Å²) in [4.78, 5) is 40.5. The maximum absolute atomic E-state index is 13.3. The number of carbonyl (C=O) groups is 3. The molecule has 8 heteroatoms. The minimum absolute atomic E-state index is 0.141. The van der Waals surface area contributed by atoms with E-state index in [4.69, 9.17) is 0 Å². The number of nitrogens with zero attached hydrogens (tertiary/aromatic N) is 3. The van der Waals surface area contributed by atoms with Crippen molar-refractivity contribution in [3.05, 3.63) is 52.8 Å². The number of carbonyl (C=O) groups excluding carboxylic acids is 3. The Kier molecular flexibility index (Phi) is 6.54. The van der Waals surface area contributed by atoms with Gasteiger partial charge in [0.1, 0.15) is 11.2 Å². The van der Waals surface area contributed by atoms with Crippen LogP contribution in [0.5, 0.6) is 0 Å². The fourth-order valence-electron chi connectivity index (χ4n) is 4.70. The second-order valence-corrected chi connectivity index (χ2v) is 9.54. The number of fused-ring (bicyclic) bond motifs is 1. The lowest BCUT2D eigenvalue weighted by atomic mass is 9.95. The molecule has 0 saturated heterocycles. The molecule has 1 aliphatic carbocycles. The molecule has 1 fully saturated rings. The number of rotatable bonds is 5. The molecule has 1 aromatic carbocycles. The van der Waals surface area contributed by atoms with Gasteiger partial charge in [-0.25, -0.2) is 0 Å². The molecule has 0 bridgehead atoms. The van der Waals surface area contributed by atoms with Gasteiger partial charge in [0.25, 0.3) is 11.8 Å². The van der Waals surface area contributed by atoms with Crippen LogP contribution in [-0.2, 0) is 17.9 Å². The molecule has 1 atom stereocenters. The molecule has 2 heterocycles. The smallest absolute Gasteiger partial charge is 0.272 e. The van der Waals surface area contributed by atoms with E-state index < -0.39 is 5.54 Å². The molecule has 0 radical (unpaired) electrons. The summed E-state index contributed by atoms with van der Waals surface area (Å²) in [5.41, 5.74) is 1.53. The third-order valence-corrected chi connectivity index (χ3v) is 6.95. The highest BCUT2D eigenvalue weighted by atomic mass is 16.2. The lowest BCUT2D eigenvalue weighted by Gasteiger charge is -2.41. The summed E-state index contributed by atoms with van der Waals surface area (Å²) >= 11 is 0. The standard InChI is InChI=1S/C25H33N5O3/c1-17-9-8-10-18(13-17)15-26-22(31)20-14-21-23(32)29(3)25(2,16-30(21)28-20)24(33)27-19-11-6-4-5-7-12-19/h8-10,13-14,19H,4-7,11-12,15-16H2,1-3H3,(H,26,31)(H,27,33)/t25-/m1/s1. The van der Waals surface area contributed by atoms with Gasteiger partial charge < -0.3 is 15.5 Å². The van der Waals surface area contributed by atoms with E-state index in [-0.39, 0.29) is 36.0 Å². The van der Waals surface area contributed by atoms with E-state index in [0.29, 0.717) is 12.2 Å². The number of nitrogens with one attached hydrogen (secondary N) is 2. The van der Waals surface area contributed by atoms with E-state index in [9.17, 15) is 14.4 Å². The van der Waals surface area contributed by atoms with Crippen molar-refractivity contribution in [3.63, 3.8) is 0 Å². The fraction of sp³-hybridized carbons (Fsp3) is 0.520. The Bertz CT molecular complexity index is 1050. The van der Waals surface area contributed by atoms with Gasteiger partial charge in [-0.15, -0.1) is 0 Å². The van der Waals surface area contributed by atoms with E-state index in [1.54, 1.807) is 14.0 Å². The molecule has 8 nitrogen and oxygen atoms in total. The summed E-state index contributed by atoms with van der Waals surface area (Å²) in [6.45, 7) is 4.34. The van der Waals surface area contributed by atoms with Crippen molar-refractivity contribution in [2.24, 2.45) is 0 Å². The highest BCUT2D eigenvalue weighted by molar-refractivity contribution is 6.01. The number of likely N-dealkylation sites (N-methyl/N-ethyl adjacent to an activating group) is 1. The molecule has 0 unspecified atom stereocenters. The van der Waals surface area contributed by atoms with E-state index in [0.717, 1.165) is 36.8 Å². The minimum Gasteiger partial charge on any atom is -0.351 e. The second kappa shape index (κ2) is 9.37. The normalized spacial score (nSPS) is 21.3. The van der Waals surface area contributed by atoms with Gasteiger partial charge in [-0.1, -0.05) is 55.5 Å². The average Bonchev–Trinajstić information content (AvgIpc) is 3.04. The highest BCUT2D eigenvalue weighted by Crippen LogP contribution is 2.27. The van der Waals surface area contributed by atoms with Crippen molar-refractivity contribution in [1.82, 2.24) is 25.3 Å². The second-order valence-electron chi connectivity index (χ2n) is 9.54. The molecule has 2 N–H and O–H groups in total. The van der Waals surface area contributed by atoms with Gasteiger partial charge in [0, 0.05) is 25.7 Å².